The highest BCUT2D eigenvalue weighted by Gasteiger charge is 2.37. The third-order valence-corrected chi connectivity index (χ3v) is 5.28. The van der Waals surface area contributed by atoms with Crippen LogP contribution in [0.5, 0.6) is 0 Å². The van der Waals surface area contributed by atoms with Gasteiger partial charge in [0.05, 0.1) is 6.04 Å². The van der Waals surface area contributed by atoms with Crippen molar-refractivity contribution in [2.24, 2.45) is 11.8 Å². The first-order valence-corrected chi connectivity index (χ1v) is 9.69. The van der Waals surface area contributed by atoms with Gasteiger partial charge >= 0.3 is 0 Å². The second-order valence-electron chi connectivity index (χ2n) is 6.85. The zero-order valence-electron chi connectivity index (χ0n) is 14.9. The molecule has 130 valence electrons. The van der Waals surface area contributed by atoms with Gasteiger partial charge in [-0.1, -0.05) is 88.4 Å². The van der Waals surface area contributed by atoms with Gasteiger partial charge in [-0.15, -0.1) is 0 Å². The monoisotopic (exact) mass is 345 g/mol. The van der Waals surface area contributed by atoms with E-state index in [4.69, 9.17) is 0 Å². The lowest BCUT2D eigenvalue weighted by Crippen LogP contribution is -2.42. The molecule has 0 aromatic heterocycles. The molecule has 2 rings (SSSR count). The van der Waals surface area contributed by atoms with Crippen LogP contribution in [0.25, 0.3) is 0 Å². The van der Waals surface area contributed by atoms with Crippen molar-refractivity contribution in [2.75, 3.05) is 0 Å². The van der Waals surface area contributed by atoms with Crippen LogP contribution in [0.3, 0.4) is 0 Å². The quantitative estimate of drug-likeness (QED) is 0.696. The first-order chi connectivity index (χ1) is 11.4. The van der Waals surface area contributed by atoms with Gasteiger partial charge in [-0.25, -0.2) is 4.67 Å². The van der Waals surface area contributed by atoms with Crippen LogP contribution in [0.2, 0.25) is 0 Å². The van der Waals surface area contributed by atoms with E-state index in [1.165, 1.54) is 0 Å². The fourth-order valence-electron chi connectivity index (χ4n) is 3.54. The lowest BCUT2D eigenvalue weighted by Gasteiger charge is -2.42. The highest BCUT2D eigenvalue weighted by atomic mass is 31.2. The summed E-state index contributed by atoms with van der Waals surface area (Å²) in [5.74, 6) is 0.619. The van der Waals surface area contributed by atoms with E-state index in [1.807, 2.05) is 41.1 Å². The van der Waals surface area contributed by atoms with Crippen LogP contribution >= 0.6 is 8.53 Å². The Kier molecular flexibility index (Phi) is 6.94. The zero-order chi connectivity index (χ0) is 17.7. The van der Waals surface area contributed by atoms with E-state index in [-0.39, 0.29) is 12.1 Å². The second kappa shape index (κ2) is 8.73. The minimum absolute atomic E-state index is 0.0662. The van der Waals surface area contributed by atoms with Gasteiger partial charge in [0.2, 0.25) is 0 Å². The summed E-state index contributed by atoms with van der Waals surface area (Å²) in [7, 11) is -2.22. The van der Waals surface area contributed by atoms with Crippen molar-refractivity contribution in [2.45, 2.75) is 39.8 Å². The number of hydrogen-bond acceptors (Lipinski definition) is 3. The largest absolute Gasteiger partial charge is 0.338 e. The molecule has 0 bridgehead atoms. The third-order valence-electron chi connectivity index (χ3n) is 4.37. The highest BCUT2D eigenvalue weighted by Crippen LogP contribution is 2.47. The lowest BCUT2D eigenvalue weighted by atomic mass is 9.89. The molecule has 0 aliphatic rings. The Bertz CT molecular complexity index is 554. The fourth-order valence-corrected chi connectivity index (χ4v) is 4.79. The maximum absolute atomic E-state index is 10.3. The summed E-state index contributed by atoms with van der Waals surface area (Å²) in [6, 6.07) is 20.1. The Labute approximate surface area is 146 Å². The summed E-state index contributed by atoms with van der Waals surface area (Å²) in [6.45, 7) is 8.57. The zero-order valence-corrected chi connectivity index (χ0v) is 15.8. The normalized spacial score (nSPS) is 12.3. The van der Waals surface area contributed by atoms with E-state index in [0.717, 1.165) is 11.1 Å². The van der Waals surface area contributed by atoms with Crippen molar-refractivity contribution in [1.29, 1.82) is 0 Å². The van der Waals surface area contributed by atoms with E-state index in [1.54, 1.807) is 0 Å². The van der Waals surface area contributed by atoms with E-state index >= 15 is 0 Å². The van der Waals surface area contributed by atoms with E-state index in [0.29, 0.717) is 11.8 Å². The molecule has 4 heteroatoms. The van der Waals surface area contributed by atoms with Crippen LogP contribution in [0.4, 0.5) is 0 Å². The molecule has 2 N–H and O–H groups in total. The topological polar surface area (TPSA) is 43.7 Å². The standard InChI is InChI=1S/C20H28NO2P/c1-15(2)19(16(3)4)21(24(22)23)20(17-11-7-5-8-12-17)18-13-9-6-10-14-18/h5-16,19-20,22-23H,1-4H3. The van der Waals surface area contributed by atoms with Gasteiger partial charge in [-0.3, -0.25) is 0 Å². The van der Waals surface area contributed by atoms with Crippen LogP contribution in [0.1, 0.15) is 44.9 Å². The minimum atomic E-state index is -2.22. The fraction of sp³-hybridized carbons (Fsp3) is 0.400. The van der Waals surface area contributed by atoms with Gasteiger partial charge in [0.25, 0.3) is 8.53 Å². The molecular formula is C20H28NO2P. The van der Waals surface area contributed by atoms with Crippen LogP contribution in [0, 0.1) is 11.8 Å². The Balaban J connectivity index is 2.58. The number of hydrogen-bond donors (Lipinski definition) is 2. The summed E-state index contributed by atoms with van der Waals surface area (Å²) in [5.41, 5.74) is 2.15. The summed E-state index contributed by atoms with van der Waals surface area (Å²) in [4.78, 5) is 20.6. The smallest absolute Gasteiger partial charge is 0.254 e. The molecule has 0 fully saturated rings. The predicted octanol–water partition coefficient (Wildman–Crippen LogP) is 4.97. The van der Waals surface area contributed by atoms with Gasteiger partial charge in [0, 0.05) is 6.04 Å². The van der Waals surface area contributed by atoms with E-state index < -0.39 is 8.53 Å². The first kappa shape index (κ1) is 19.1. The number of rotatable bonds is 7. The molecule has 0 unspecified atom stereocenters. The molecule has 0 atom stereocenters. The van der Waals surface area contributed by atoms with Gasteiger partial charge in [0.15, 0.2) is 0 Å². The Morgan fingerprint density at radius 1 is 0.708 bits per heavy atom. The van der Waals surface area contributed by atoms with Crippen molar-refractivity contribution in [3.05, 3.63) is 71.8 Å². The molecule has 2 aromatic rings. The maximum Gasteiger partial charge on any atom is 0.254 e. The molecule has 0 saturated carbocycles. The molecule has 0 spiro atoms. The molecule has 0 aliphatic heterocycles. The maximum atomic E-state index is 10.3. The van der Waals surface area contributed by atoms with Gasteiger partial charge < -0.3 is 9.79 Å². The summed E-state index contributed by atoms with van der Waals surface area (Å²) in [6.07, 6.45) is 0. The number of benzene rings is 2. The third kappa shape index (κ3) is 4.43. The SMILES string of the molecule is CC(C)C(C(C)C)N(C(c1ccccc1)c1ccccc1)P(O)O. The lowest BCUT2D eigenvalue weighted by molar-refractivity contribution is 0.154. The molecule has 2 aromatic carbocycles. The molecular weight excluding hydrogens is 317 g/mol. The average Bonchev–Trinajstić information content (AvgIpc) is 2.55. The molecule has 0 saturated heterocycles. The minimum Gasteiger partial charge on any atom is -0.338 e. The summed E-state index contributed by atoms with van der Waals surface area (Å²) in [5, 5.41) is 0. The summed E-state index contributed by atoms with van der Waals surface area (Å²) >= 11 is 0. The molecule has 0 radical (unpaired) electrons. The summed E-state index contributed by atoms with van der Waals surface area (Å²) < 4.78 is 1.90. The second-order valence-corrected chi connectivity index (χ2v) is 7.85. The van der Waals surface area contributed by atoms with E-state index in [2.05, 4.69) is 52.0 Å². The van der Waals surface area contributed by atoms with Crippen molar-refractivity contribution in [1.82, 2.24) is 4.67 Å². The average molecular weight is 345 g/mol. The number of nitrogens with zero attached hydrogens (tertiary/aromatic N) is 1. The molecule has 0 aliphatic carbocycles. The van der Waals surface area contributed by atoms with Crippen LogP contribution < -0.4 is 0 Å². The molecule has 3 nitrogen and oxygen atoms in total. The molecule has 0 heterocycles. The van der Waals surface area contributed by atoms with Gasteiger partial charge in [-0.2, -0.15) is 0 Å². The Morgan fingerprint density at radius 3 is 1.38 bits per heavy atom. The predicted molar refractivity (Wildman–Crippen MR) is 101 cm³/mol. The first-order valence-electron chi connectivity index (χ1n) is 8.49. The molecule has 0 amide bonds. The van der Waals surface area contributed by atoms with Crippen molar-refractivity contribution in [3.63, 3.8) is 0 Å². The van der Waals surface area contributed by atoms with Crippen molar-refractivity contribution >= 4 is 8.53 Å². The van der Waals surface area contributed by atoms with Crippen molar-refractivity contribution in [3.8, 4) is 0 Å². The van der Waals surface area contributed by atoms with Crippen molar-refractivity contribution < 1.29 is 9.79 Å². The highest BCUT2D eigenvalue weighted by molar-refractivity contribution is 7.42. The Hall–Kier alpha value is -1.25. The Morgan fingerprint density at radius 2 is 1.08 bits per heavy atom. The van der Waals surface area contributed by atoms with Crippen LogP contribution in [-0.4, -0.2) is 20.5 Å². The molecule has 24 heavy (non-hydrogen) atoms. The van der Waals surface area contributed by atoms with Gasteiger partial charge in [0.1, 0.15) is 0 Å². The van der Waals surface area contributed by atoms with Crippen LogP contribution in [0.15, 0.2) is 60.7 Å². The van der Waals surface area contributed by atoms with E-state index in [9.17, 15) is 9.79 Å². The van der Waals surface area contributed by atoms with Gasteiger partial charge in [-0.05, 0) is 23.0 Å². The van der Waals surface area contributed by atoms with Crippen LogP contribution in [-0.2, 0) is 0 Å².